The van der Waals surface area contributed by atoms with Gasteiger partial charge in [0.2, 0.25) is 0 Å². The van der Waals surface area contributed by atoms with Gasteiger partial charge in [-0.2, -0.15) is 0 Å². The first-order valence-electron chi connectivity index (χ1n) is 6.11. The number of carbonyl (C=O) groups excluding carboxylic acids is 1. The van der Waals surface area contributed by atoms with Gasteiger partial charge in [0.1, 0.15) is 5.60 Å². The Hall–Kier alpha value is -1.26. The molecule has 0 aromatic carbocycles. The van der Waals surface area contributed by atoms with E-state index in [0.29, 0.717) is 5.92 Å². The maximum absolute atomic E-state index is 12.0. The number of oxime groups is 1. The number of rotatable bonds is 0. The van der Waals surface area contributed by atoms with Crippen LogP contribution >= 0.6 is 0 Å². The number of amides is 1. The lowest BCUT2D eigenvalue weighted by Crippen LogP contribution is -2.56. The van der Waals surface area contributed by atoms with E-state index in [1.807, 2.05) is 20.8 Å². The predicted molar refractivity (Wildman–Crippen MR) is 63.3 cm³/mol. The molecule has 2 bridgehead atoms. The molecule has 3 fully saturated rings. The van der Waals surface area contributed by atoms with E-state index in [-0.39, 0.29) is 12.1 Å². The summed E-state index contributed by atoms with van der Waals surface area (Å²) in [5.41, 5.74) is 0.239. The average molecular weight is 240 g/mol. The first kappa shape index (κ1) is 12.2. The van der Waals surface area contributed by atoms with E-state index in [4.69, 9.17) is 9.94 Å². The van der Waals surface area contributed by atoms with E-state index in [0.717, 1.165) is 31.5 Å². The molecule has 0 aromatic rings. The summed E-state index contributed by atoms with van der Waals surface area (Å²) >= 11 is 0. The Kier molecular flexibility index (Phi) is 3.02. The molecule has 3 rings (SSSR count). The highest BCUT2D eigenvalue weighted by Gasteiger charge is 2.42. The highest BCUT2D eigenvalue weighted by atomic mass is 16.6. The fourth-order valence-corrected chi connectivity index (χ4v) is 2.62. The lowest BCUT2D eigenvalue weighted by molar-refractivity contribution is 0.00637. The van der Waals surface area contributed by atoms with Gasteiger partial charge in [-0.05, 0) is 46.0 Å². The number of hydrogen-bond acceptors (Lipinski definition) is 4. The minimum absolute atomic E-state index is 0.0696. The van der Waals surface area contributed by atoms with Crippen molar-refractivity contribution < 1.29 is 14.7 Å². The molecule has 5 nitrogen and oxygen atoms in total. The van der Waals surface area contributed by atoms with Gasteiger partial charge in [0, 0.05) is 6.54 Å². The number of hydrogen-bond donors (Lipinski definition) is 1. The van der Waals surface area contributed by atoms with Crippen molar-refractivity contribution in [3.63, 3.8) is 0 Å². The molecule has 0 aromatic heterocycles. The molecule has 5 heteroatoms. The van der Waals surface area contributed by atoms with Crippen molar-refractivity contribution in [3.05, 3.63) is 0 Å². The van der Waals surface area contributed by atoms with Crippen LogP contribution in [-0.4, -0.2) is 40.1 Å². The maximum Gasteiger partial charge on any atom is 0.410 e. The van der Waals surface area contributed by atoms with Crippen LogP contribution in [0.15, 0.2) is 5.16 Å². The summed E-state index contributed by atoms with van der Waals surface area (Å²) in [5, 5.41) is 12.3. The molecule has 2 aliphatic heterocycles. The van der Waals surface area contributed by atoms with Crippen molar-refractivity contribution in [1.82, 2.24) is 4.90 Å². The Morgan fingerprint density at radius 3 is 2.71 bits per heavy atom. The molecule has 1 amide bonds. The summed E-state index contributed by atoms with van der Waals surface area (Å²) in [7, 11) is 0. The zero-order valence-electron chi connectivity index (χ0n) is 10.6. The van der Waals surface area contributed by atoms with Crippen LogP contribution in [0.2, 0.25) is 0 Å². The van der Waals surface area contributed by atoms with Gasteiger partial charge in [0.25, 0.3) is 0 Å². The largest absolute Gasteiger partial charge is 0.444 e. The molecule has 0 radical (unpaired) electrons. The topological polar surface area (TPSA) is 62.1 Å². The van der Waals surface area contributed by atoms with Gasteiger partial charge in [-0.15, -0.1) is 0 Å². The normalized spacial score (nSPS) is 30.8. The van der Waals surface area contributed by atoms with E-state index in [1.165, 1.54) is 0 Å². The standard InChI is InChI=1S/C12H20N2O3/c1-12(2,3)17-11(15)14-7-8-4-5-10(14)9(6-8)13-16/h8,10,16H,4-7H2,1-3H3/b13-9+. The Morgan fingerprint density at radius 1 is 1.47 bits per heavy atom. The number of carbonyl (C=O) groups is 1. The molecule has 1 aliphatic carbocycles. The summed E-state index contributed by atoms with van der Waals surface area (Å²) in [6.45, 7) is 6.29. The number of piperidine rings is 2. The van der Waals surface area contributed by atoms with Crippen molar-refractivity contribution in [2.24, 2.45) is 11.1 Å². The zero-order valence-corrected chi connectivity index (χ0v) is 10.6. The van der Waals surface area contributed by atoms with Gasteiger partial charge < -0.3 is 9.94 Å². The van der Waals surface area contributed by atoms with Gasteiger partial charge in [-0.25, -0.2) is 4.79 Å². The van der Waals surface area contributed by atoms with Gasteiger partial charge in [0.05, 0.1) is 11.8 Å². The van der Waals surface area contributed by atoms with Crippen LogP contribution in [0.1, 0.15) is 40.0 Å². The molecule has 3 aliphatic rings. The highest BCUT2D eigenvalue weighted by Crippen LogP contribution is 2.34. The van der Waals surface area contributed by atoms with Crippen LogP contribution < -0.4 is 0 Å². The monoisotopic (exact) mass is 240 g/mol. The first-order valence-corrected chi connectivity index (χ1v) is 6.11. The molecule has 2 saturated heterocycles. The van der Waals surface area contributed by atoms with Gasteiger partial charge >= 0.3 is 6.09 Å². The minimum Gasteiger partial charge on any atom is -0.444 e. The summed E-state index contributed by atoms with van der Waals surface area (Å²) in [6, 6.07) is -0.0696. The van der Waals surface area contributed by atoms with E-state index in [2.05, 4.69) is 5.16 Å². The van der Waals surface area contributed by atoms with Crippen LogP contribution in [0.5, 0.6) is 0 Å². The second kappa shape index (κ2) is 4.20. The fourth-order valence-electron chi connectivity index (χ4n) is 2.62. The second-order valence-electron chi connectivity index (χ2n) is 5.89. The van der Waals surface area contributed by atoms with Crippen molar-refractivity contribution in [1.29, 1.82) is 0 Å². The van der Waals surface area contributed by atoms with E-state index in [9.17, 15) is 4.79 Å². The van der Waals surface area contributed by atoms with Crippen molar-refractivity contribution >= 4 is 11.8 Å². The summed E-state index contributed by atoms with van der Waals surface area (Å²) in [4.78, 5) is 13.7. The zero-order chi connectivity index (χ0) is 12.6. The molecule has 2 atom stereocenters. The van der Waals surface area contributed by atoms with Crippen LogP contribution in [-0.2, 0) is 4.74 Å². The molecule has 0 spiro atoms. The molecule has 1 N–H and O–H groups in total. The smallest absolute Gasteiger partial charge is 0.410 e. The summed E-state index contributed by atoms with van der Waals surface area (Å²) < 4.78 is 5.37. The Bertz CT molecular complexity index is 346. The molecular formula is C12H20N2O3. The number of fused-ring (bicyclic) bond motifs is 3. The second-order valence-corrected chi connectivity index (χ2v) is 5.89. The van der Waals surface area contributed by atoms with Crippen LogP contribution in [0.25, 0.3) is 0 Å². The third-order valence-electron chi connectivity index (χ3n) is 3.32. The minimum atomic E-state index is -0.482. The third kappa shape index (κ3) is 2.53. The van der Waals surface area contributed by atoms with Crippen molar-refractivity contribution in [3.8, 4) is 0 Å². The van der Waals surface area contributed by atoms with Gasteiger partial charge in [0.15, 0.2) is 0 Å². The number of ether oxygens (including phenoxy) is 1. The Balaban J connectivity index is 2.09. The molecular weight excluding hydrogens is 220 g/mol. The van der Waals surface area contributed by atoms with E-state index >= 15 is 0 Å². The molecule has 17 heavy (non-hydrogen) atoms. The van der Waals surface area contributed by atoms with E-state index < -0.39 is 5.60 Å². The lowest BCUT2D eigenvalue weighted by atomic mass is 9.79. The predicted octanol–water partition coefficient (Wildman–Crippen LogP) is 2.24. The third-order valence-corrected chi connectivity index (χ3v) is 3.32. The summed E-state index contributed by atoms with van der Waals surface area (Å²) in [5.74, 6) is 0.415. The van der Waals surface area contributed by atoms with Gasteiger partial charge in [-0.1, -0.05) is 5.16 Å². The highest BCUT2D eigenvalue weighted by molar-refractivity contribution is 5.93. The quantitative estimate of drug-likeness (QED) is 0.521. The van der Waals surface area contributed by atoms with Gasteiger partial charge in [-0.3, -0.25) is 4.90 Å². The Morgan fingerprint density at radius 2 is 2.18 bits per heavy atom. The van der Waals surface area contributed by atoms with Crippen LogP contribution in [0.3, 0.4) is 0 Å². The molecule has 2 heterocycles. The number of nitrogens with zero attached hydrogens (tertiary/aromatic N) is 2. The Labute approximate surface area is 101 Å². The van der Waals surface area contributed by atoms with Crippen LogP contribution in [0, 0.1) is 5.92 Å². The average Bonchev–Trinajstić information content (AvgIpc) is 2.27. The molecule has 2 unspecified atom stereocenters. The molecule has 1 saturated carbocycles. The maximum atomic E-state index is 12.0. The van der Waals surface area contributed by atoms with Crippen LogP contribution in [0.4, 0.5) is 4.79 Å². The van der Waals surface area contributed by atoms with Crippen molar-refractivity contribution in [2.45, 2.75) is 51.7 Å². The fraction of sp³-hybridized carbons (Fsp3) is 0.833. The molecule has 96 valence electrons. The van der Waals surface area contributed by atoms with E-state index in [1.54, 1.807) is 4.90 Å². The first-order chi connectivity index (χ1) is 7.90. The summed E-state index contributed by atoms with van der Waals surface area (Å²) in [6.07, 6.45) is 2.49. The SMILES string of the molecule is CC(C)(C)OC(=O)N1CC2CCC1/C(=N/O)C2. The van der Waals surface area contributed by atoms with Crippen molar-refractivity contribution in [2.75, 3.05) is 6.54 Å². The lowest BCUT2D eigenvalue weighted by Gasteiger charge is -2.45.